The van der Waals surface area contributed by atoms with Gasteiger partial charge in [0, 0.05) is 47.4 Å². The number of non-ortho nitro benzene ring substituents is 2. The van der Waals surface area contributed by atoms with Gasteiger partial charge in [0.2, 0.25) is 5.91 Å². The van der Waals surface area contributed by atoms with E-state index in [1.807, 2.05) is 0 Å². The smallest absolute Gasteiger partial charge is 0.410 e. The summed E-state index contributed by atoms with van der Waals surface area (Å²) in [5.41, 5.74) is 0.823. The highest BCUT2D eigenvalue weighted by molar-refractivity contribution is 8.03. The van der Waals surface area contributed by atoms with E-state index < -0.39 is 52.0 Å². The van der Waals surface area contributed by atoms with E-state index in [-0.39, 0.29) is 55.1 Å². The number of alkyl halides is 1. The predicted molar refractivity (Wildman–Crippen MR) is 156 cm³/mol. The zero-order valence-corrected chi connectivity index (χ0v) is 24.8. The van der Waals surface area contributed by atoms with Crippen LogP contribution in [0.5, 0.6) is 0 Å². The van der Waals surface area contributed by atoms with E-state index >= 15 is 0 Å². The van der Waals surface area contributed by atoms with E-state index in [9.17, 15) is 44.1 Å². The molecule has 238 valence electrons. The lowest BCUT2D eigenvalue weighted by atomic mass is 9.84. The number of β-lactam (4-membered cyclic amide) rings is 1. The van der Waals surface area contributed by atoms with Gasteiger partial charge in [0.1, 0.15) is 25.1 Å². The van der Waals surface area contributed by atoms with Gasteiger partial charge in [-0.25, -0.2) is 14.0 Å². The number of hydrogen-bond acceptors (Lipinski definition) is 11. The van der Waals surface area contributed by atoms with Crippen molar-refractivity contribution in [2.75, 3.05) is 13.2 Å². The molecule has 2 amide bonds. The molecule has 14 nitrogen and oxygen atoms in total. The van der Waals surface area contributed by atoms with Gasteiger partial charge in [-0.2, -0.15) is 0 Å². The molecule has 2 aromatic rings. The number of rotatable bonds is 11. The summed E-state index contributed by atoms with van der Waals surface area (Å²) in [4.78, 5) is 62.9. The first kappa shape index (κ1) is 31.8. The van der Waals surface area contributed by atoms with Crippen molar-refractivity contribution in [3.05, 3.63) is 90.5 Å². The second-order valence-corrected chi connectivity index (χ2v) is 12.3. The molecule has 0 saturated carbocycles. The number of esters is 1. The summed E-state index contributed by atoms with van der Waals surface area (Å²) in [6.07, 6.45) is -1.54. The first-order chi connectivity index (χ1) is 21.5. The summed E-state index contributed by atoms with van der Waals surface area (Å²) in [7, 11) is 0. The SMILES string of the molecule is C[C@@H](F)[C@H]1C(=O)N2C(C(=O)OCc3ccc([N+](=O)[O-])cc3)=C(S[C@H]3C[C@H](CO)N(C(=O)OCc4ccc([N+](=O)[O-])cc4)C3)C[C@H]12. The first-order valence-electron chi connectivity index (χ1n) is 14.0. The third-order valence-electron chi connectivity index (χ3n) is 8.01. The van der Waals surface area contributed by atoms with Gasteiger partial charge >= 0.3 is 12.1 Å². The van der Waals surface area contributed by atoms with Crippen LogP contribution < -0.4 is 0 Å². The van der Waals surface area contributed by atoms with Crippen LogP contribution in [-0.2, 0) is 32.3 Å². The van der Waals surface area contributed by atoms with E-state index in [1.54, 1.807) is 0 Å². The Morgan fingerprint density at radius 2 is 1.58 bits per heavy atom. The summed E-state index contributed by atoms with van der Waals surface area (Å²) >= 11 is 1.26. The Balaban J connectivity index is 1.26. The highest BCUT2D eigenvalue weighted by Crippen LogP contribution is 2.49. The third kappa shape index (κ3) is 6.61. The van der Waals surface area contributed by atoms with E-state index in [2.05, 4.69) is 0 Å². The van der Waals surface area contributed by atoms with E-state index in [1.165, 1.54) is 77.0 Å². The number of nitro benzene ring substituents is 2. The van der Waals surface area contributed by atoms with Crippen molar-refractivity contribution in [1.82, 2.24) is 9.80 Å². The number of aliphatic hydroxyl groups is 1. The number of amides is 2. The highest BCUT2D eigenvalue weighted by atomic mass is 32.2. The van der Waals surface area contributed by atoms with E-state index in [0.29, 0.717) is 22.5 Å². The molecule has 2 fully saturated rings. The maximum absolute atomic E-state index is 14.3. The Hall–Kier alpha value is -4.57. The van der Waals surface area contributed by atoms with Crippen LogP contribution in [0, 0.1) is 26.1 Å². The quantitative estimate of drug-likeness (QED) is 0.162. The minimum atomic E-state index is -1.42. The number of halogens is 1. The third-order valence-corrected chi connectivity index (χ3v) is 9.33. The molecule has 0 spiro atoms. The standard InChI is InChI=1S/C29H29FN4O10S/c1-16(30)25-23-11-24(26(32(23)27(25)36)28(37)43-14-17-2-6-19(7-3-17)33(39)40)45-22-10-21(13-35)31(12-22)29(38)44-15-18-4-8-20(9-5-18)34(41)42/h2-9,16,21-23,25,35H,10-15H2,1H3/t16-,21-,22+,23-,25-/m1/s1. The van der Waals surface area contributed by atoms with Crippen LogP contribution in [0.15, 0.2) is 59.1 Å². The lowest BCUT2D eigenvalue weighted by Crippen LogP contribution is -2.61. The number of likely N-dealkylation sites (tertiary alicyclic amines) is 1. The number of nitrogens with zero attached hydrogens (tertiary/aromatic N) is 4. The molecule has 0 radical (unpaired) electrons. The normalized spacial score (nSPS) is 23.0. The fraction of sp³-hybridized carbons (Fsp3) is 0.414. The Bertz CT molecular complexity index is 1530. The average Bonchev–Trinajstić information content (AvgIpc) is 3.57. The van der Waals surface area contributed by atoms with Gasteiger partial charge < -0.3 is 24.4 Å². The fourth-order valence-electron chi connectivity index (χ4n) is 5.73. The van der Waals surface area contributed by atoms with Crippen molar-refractivity contribution in [3.63, 3.8) is 0 Å². The second-order valence-electron chi connectivity index (χ2n) is 10.9. The molecule has 5 atom stereocenters. The van der Waals surface area contributed by atoms with E-state index in [0.717, 1.165) is 0 Å². The van der Waals surface area contributed by atoms with Crippen LogP contribution in [0.1, 0.15) is 30.9 Å². The van der Waals surface area contributed by atoms with Gasteiger partial charge in [0.05, 0.1) is 34.5 Å². The predicted octanol–water partition coefficient (Wildman–Crippen LogP) is 3.85. The lowest BCUT2D eigenvalue weighted by molar-refractivity contribution is -0.385. The minimum Gasteiger partial charge on any atom is -0.456 e. The average molecular weight is 645 g/mol. The molecule has 16 heteroatoms. The lowest BCUT2D eigenvalue weighted by Gasteiger charge is -2.44. The fourth-order valence-corrected chi connectivity index (χ4v) is 7.25. The molecule has 2 saturated heterocycles. The molecule has 0 bridgehead atoms. The van der Waals surface area contributed by atoms with Crippen molar-refractivity contribution < 1.29 is 43.2 Å². The number of thioether (sulfide) groups is 1. The molecule has 3 aliphatic heterocycles. The second kappa shape index (κ2) is 13.2. The number of fused-ring (bicyclic) bond motifs is 1. The number of ether oxygens (including phenoxy) is 2. The molecule has 0 unspecified atom stereocenters. The van der Waals surface area contributed by atoms with Gasteiger partial charge in [-0.05, 0) is 48.7 Å². The summed E-state index contributed by atoms with van der Waals surface area (Å²) in [6, 6.07) is 9.87. The summed E-state index contributed by atoms with van der Waals surface area (Å²) in [6.45, 7) is 0.756. The van der Waals surface area contributed by atoms with Crippen molar-refractivity contribution in [2.24, 2.45) is 5.92 Å². The van der Waals surface area contributed by atoms with Crippen molar-refractivity contribution >= 4 is 41.1 Å². The number of carbonyl (C=O) groups excluding carboxylic acids is 3. The topological polar surface area (TPSA) is 183 Å². The maximum Gasteiger partial charge on any atom is 0.410 e. The Morgan fingerprint density at radius 3 is 2.09 bits per heavy atom. The Morgan fingerprint density at radius 1 is 1.02 bits per heavy atom. The summed E-state index contributed by atoms with van der Waals surface area (Å²) < 4.78 is 25.2. The molecular formula is C29H29FN4O10S. The first-order valence-corrected chi connectivity index (χ1v) is 14.9. The zero-order valence-electron chi connectivity index (χ0n) is 23.9. The van der Waals surface area contributed by atoms with Gasteiger partial charge in [-0.15, -0.1) is 11.8 Å². The van der Waals surface area contributed by atoms with Gasteiger partial charge in [-0.3, -0.25) is 25.0 Å². The van der Waals surface area contributed by atoms with Crippen molar-refractivity contribution in [1.29, 1.82) is 0 Å². The van der Waals surface area contributed by atoms with Crippen LogP contribution in [0.2, 0.25) is 0 Å². The number of hydrogen-bond donors (Lipinski definition) is 1. The molecule has 1 N–H and O–H groups in total. The number of carbonyl (C=O) groups is 3. The van der Waals surface area contributed by atoms with Crippen LogP contribution in [0.4, 0.5) is 20.6 Å². The molecule has 5 rings (SSSR count). The minimum absolute atomic E-state index is 0.00792. The summed E-state index contributed by atoms with van der Waals surface area (Å²) in [5.74, 6) is -2.23. The van der Waals surface area contributed by atoms with Gasteiger partial charge in [-0.1, -0.05) is 0 Å². The highest BCUT2D eigenvalue weighted by Gasteiger charge is 2.58. The van der Waals surface area contributed by atoms with Crippen LogP contribution in [-0.4, -0.2) is 79.4 Å². The molecule has 3 aliphatic rings. The number of aliphatic hydroxyl groups excluding tert-OH is 1. The molecule has 45 heavy (non-hydrogen) atoms. The Labute approximate surface area is 260 Å². The van der Waals surface area contributed by atoms with Crippen LogP contribution in [0.3, 0.4) is 0 Å². The molecule has 0 aliphatic carbocycles. The monoisotopic (exact) mass is 644 g/mol. The largest absolute Gasteiger partial charge is 0.456 e. The van der Waals surface area contributed by atoms with Crippen molar-refractivity contribution in [3.8, 4) is 0 Å². The van der Waals surface area contributed by atoms with Gasteiger partial charge in [0.15, 0.2) is 0 Å². The number of nitro groups is 2. The molecule has 0 aromatic heterocycles. The van der Waals surface area contributed by atoms with Gasteiger partial charge in [0.25, 0.3) is 11.4 Å². The van der Waals surface area contributed by atoms with Crippen LogP contribution >= 0.6 is 11.8 Å². The molecule has 3 heterocycles. The Kier molecular flexibility index (Phi) is 9.34. The van der Waals surface area contributed by atoms with Crippen LogP contribution in [0.25, 0.3) is 0 Å². The number of benzene rings is 2. The molecule has 2 aromatic carbocycles. The van der Waals surface area contributed by atoms with E-state index in [4.69, 9.17) is 9.47 Å². The summed E-state index contributed by atoms with van der Waals surface area (Å²) in [5, 5.41) is 31.5. The van der Waals surface area contributed by atoms with Crippen molar-refractivity contribution in [2.45, 2.75) is 56.5 Å². The molecular weight excluding hydrogens is 615 g/mol. The zero-order chi connectivity index (χ0) is 32.4. The maximum atomic E-state index is 14.3.